The summed E-state index contributed by atoms with van der Waals surface area (Å²) >= 11 is 0. The molecule has 1 aliphatic rings. The fourth-order valence-electron chi connectivity index (χ4n) is 2.61. The van der Waals surface area contributed by atoms with Crippen LogP contribution in [-0.4, -0.2) is 20.0 Å². The molecule has 1 heterocycles. The third-order valence-corrected chi connectivity index (χ3v) is 3.70. The normalized spacial score (nSPS) is 11.8. The Kier molecular flexibility index (Phi) is 7.22. The van der Waals surface area contributed by atoms with Crippen molar-refractivity contribution in [3.63, 3.8) is 0 Å². The van der Waals surface area contributed by atoms with Gasteiger partial charge in [0.05, 0.1) is 13.2 Å². The Hall–Kier alpha value is -2.11. The van der Waals surface area contributed by atoms with Crippen LogP contribution in [0, 0.1) is 0 Å². The van der Waals surface area contributed by atoms with Crippen LogP contribution in [0.3, 0.4) is 0 Å². The van der Waals surface area contributed by atoms with Gasteiger partial charge in [-0.2, -0.15) is 0 Å². The summed E-state index contributed by atoms with van der Waals surface area (Å²) in [6, 6.07) is 12.1. The van der Waals surface area contributed by atoms with Crippen LogP contribution in [0.4, 0.5) is 0 Å². The number of nitrogens with one attached hydrogen (secondary N) is 1. The van der Waals surface area contributed by atoms with E-state index in [9.17, 15) is 0 Å². The quantitative estimate of drug-likeness (QED) is 0.768. The Morgan fingerprint density at radius 1 is 0.840 bits per heavy atom. The van der Waals surface area contributed by atoms with Gasteiger partial charge in [-0.05, 0) is 49.2 Å². The van der Waals surface area contributed by atoms with E-state index in [1.54, 1.807) is 0 Å². The van der Waals surface area contributed by atoms with Gasteiger partial charge in [-0.1, -0.05) is 12.1 Å². The zero-order valence-corrected chi connectivity index (χ0v) is 15.4. The Labute approximate surface area is 154 Å². The van der Waals surface area contributed by atoms with Crippen LogP contribution in [0.5, 0.6) is 23.0 Å². The van der Waals surface area contributed by atoms with Crippen molar-refractivity contribution >= 4 is 12.4 Å². The molecule has 0 unspecified atom stereocenters. The van der Waals surface area contributed by atoms with Gasteiger partial charge >= 0.3 is 0 Å². The van der Waals surface area contributed by atoms with Crippen LogP contribution >= 0.6 is 12.4 Å². The van der Waals surface area contributed by atoms with E-state index in [4.69, 9.17) is 18.9 Å². The summed E-state index contributed by atoms with van der Waals surface area (Å²) < 4.78 is 22.0. The molecular weight excluding hydrogens is 342 g/mol. The van der Waals surface area contributed by atoms with Gasteiger partial charge in [0.1, 0.15) is 0 Å². The highest BCUT2D eigenvalue weighted by molar-refractivity contribution is 5.85. The number of fused-ring (bicyclic) bond motifs is 1. The fraction of sp³-hybridized carbons (Fsp3) is 0.368. The molecule has 5 nitrogen and oxygen atoms in total. The van der Waals surface area contributed by atoms with E-state index < -0.39 is 0 Å². The van der Waals surface area contributed by atoms with Crippen molar-refractivity contribution in [2.45, 2.75) is 26.9 Å². The van der Waals surface area contributed by atoms with Crippen molar-refractivity contribution in [3.05, 3.63) is 47.5 Å². The van der Waals surface area contributed by atoms with E-state index in [1.165, 1.54) is 0 Å². The topological polar surface area (TPSA) is 49.0 Å². The monoisotopic (exact) mass is 365 g/mol. The van der Waals surface area contributed by atoms with E-state index in [0.29, 0.717) is 20.0 Å². The first kappa shape index (κ1) is 19.2. The molecule has 2 aromatic rings. The van der Waals surface area contributed by atoms with Crippen molar-refractivity contribution in [1.29, 1.82) is 0 Å². The molecule has 0 bridgehead atoms. The van der Waals surface area contributed by atoms with E-state index in [1.807, 2.05) is 44.2 Å². The molecule has 1 N–H and O–H groups in total. The van der Waals surface area contributed by atoms with E-state index in [0.717, 1.165) is 47.2 Å². The number of ether oxygens (including phenoxy) is 4. The number of halogens is 1. The number of hydrogen-bond acceptors (Lipinski definition) is 5. The van der Waals surface area contributed by atoms with E-state index >= 15 is 0 Å². The molecule has 0 amide bonds. The zero-order chi connectivity index (χ0) is 16.8. The van der Waals surface area contributed by atoms with E-state index in [2.05, 4.69) is 11.4 Å². The number of rotatable bonds is 8. The van der Waals surface area contributed by atoms with Crippen LogP contribution in [-0.2, 0) is 13.1 Å². The highest BCUT2D eigenvalue weighted by atomic mass is 35.5. The molecular formula is C19H24ClNO4. The van der Waals surface area contributed by atoms with Gasteiger partial charge in [0.25, 0.3) is 0 Å². The molecule has 0 fully saturated rings. The minimum atomic E-state index is 0. The van der Waals surface area contributed by atoms with Crippen LogP contribution in [0.15, 0.2) is 36.4 Å². The SMILES string of the molecule is CCOc1ccc(CNCc2ccc3c(c2)OCO3)cc1OCC.Cl. The molecule has 1 aliphatic heterocycles. The Balaban J connectivity index is 0.00000225. The van der Waals surface area contributed by atoms with Crippen LogP contribution in [0.1, 0.15) is 25.0 Å². The lowest BCUT2D eigenvalue weighted by molar-refractivity contribution is 0.174. The van der Waals surface area contributed by atoms with Gasteiger partial charge in [0, 0.05) is 13.1 Å². The van der Waals surface area contributed by atoms with Crippen LogP contribution < -0.4 is 24.3 Å². The maximum Gasteiger partial charge on any atom is 0.231 e. The Morgan fingerprint density at radius 3 is 2.24 bits per heavy atom. The largest absolute Gasteiger partial charge is 0.490 e. The first-order valence-electron chi connectivity index (χ1n) is 8.28. The molecule has 0 aliphatic carbocycles. The molecule has 2 aromatic carbocycles. The molecule has 0 atom stereocenters. The van der Waals surface area contributed by atoms with Crippen molar-refractivity contribution in [2.75, 3.05) is 20.0 Å². The maximum absolute atomic E-state index is 5.66. The third kappa shape index (κ3) is 4.94. The average Bonchev–Trinajstić information content (AvgIpc) is 3.05. The highest BCUT2D eigenvalue weighted by Crippen LogP contribution is 2.32. The van der Waals surface area contributed by atoms with Crippen molar-refractivity contribution < 1.29 is 18.9 Å². The Bertz CT molecular complexity index is 693. The van der Waals surface area contributed by atoms with E-state index in [-0.39, 0.29) is 12.4 Å². The molecule has 0 spiro atoms. The van der Waals surface area contributed by atoms with Crippen molar-refractivity contribution in [3.8, 4) is 23.0 Å². The van der Waals surface area contributed by atoms with Crippen LogP contribution in [0.2, 0.25) is 0 Å². The summed E-state index contributed by atoms with van der Waals surface area (Å²) in [4.78, 5) is 0. The van der Waals surface area contributed by atoms with Gasteiger partial charge in [-0.25, -0.2) is 0 Å². The zero-order valence-electron chi connectivity index (χ0n) is 14.5. The minimum absolute atomic E-state index is 0. The van der Waals surface area contributed by atoms with Gasteiger partial charge < -0.3 is 24.3 Å². The number of hydrogen-bond donors (Lipinski definition) is 1. The summed E-state index contributed by atoms with van der Waals surface area (Å²) in [7, 11) is 0. The lowest BCUT2D eigenvalue weighted by Gasteiger charge is -2.13. The van der Waals surface area contributed by atoms with Crippen molar-refractivity contribution in [1.82, 2.24) is 5.32 Å². The molecule has 136 valence electrons. The lowest BCUT2D eigenvalue weighted by atomic mass is 10.1. The lowest BCUT2D eigenvalue weighted by Crippen LogP contribution is -2.13. The summed E-state index contributed by atoms with van der Waals surface area (Å²) in [6.07, 6.45) is 0. The predicted octanol–water partition coefficient (Wildman–Crippen LogP) is 3.92. The molecule has 25 heavy (non-hydrogen) atoms. The first-order chi connectivity index (χ1) is 11.8. The summed E-state index contributed by atoms with van der Waals surface area (Å²) in [5.74, 6) is 3.21. The third-order valence-electron chi connectivity index (χ3n) is 3.70. The smallest absolute Gasteiger partial charge is 0.231 e. The summed E-state index contributed by atoms with van der Waals surface area (Å²) in [5, 5.41) is 3.44. The predicted molar refractivity (Wildman–Crippen MR) is 99.1 cm³/mol. The molecule has 0 aromatic heterocycles. The molecule has 3 rings (SSSR count). The fourth-order valence-corrected chi connectivity index (χ4v) is 2.61. The standard InChI is InChI=1S/C19H23NO4.ClH/c1-3-21-16-7-5-14(9-18(16)22-4-2)11-20-12-15-6-8-17-19(10-15)24-13-23-17;/h5-10,20H,3-4,11-13H2,1-2H3;1H. The second kappa shape index (κ2) is 9.39. The molecule has 6 heteroatoms. The van der Waals surface area contributed by atoms with Gasteiger partial charge in [0.15, 0.2) is 23.0 Å². The number of benzene rings is 2. The first-order valence-corrected chi connectivity index (χ1v) is 8.28. The van der Waals surface area contributed by atoms with Crippen molar-refractivity contribution in [2.24, 2.45) is 0 Å². The van der Waals surface area contributed by atoms with Crippen LogP contribution in [0.25, 0.3) is 0 Å². The van der Waals surface area contributed by atoms with Gasteiger partial charge in [0.2, 0.25) is 6.79 Å². The summed E-state index contributed by atoms with van der Waals surface area (Å²) in [6.45, 7) is 7.00. The molecule has 0 radical (unpaired) electrons. The second-order valence-corrected chi connectivity index (χ2v) is 5.44. The Morgan fingerprint density at radius 2 is 1.48 bits per heavy atom. The van der Waals surface area contributed by atoms with Gasteiger partial charge in [-0.15, -0.1) is 12.4 Å². The van der Waals surface area contributed by atoms with Gasteiger partial charge in [-0.3, -0.25) is 0 Å². The maximum atomic E-state index is 5.66. The minimum Gasteiger partial charge on any atom is -0.490 e. The second-order valence-electron chi connectivity index (χ2n) is 5.44. The summed E-state index contributed by atoms with van der Waals surface area (Å²) in [5.41, 5.74) is 2.32. The average molecular weight is 366 g/mol. The highest BCUT2D eigenvalue weighted by Gasteiger charge is 2.13. The molecule has 0 saturated carbocycles. The molecule has 0 saturated heterocycles.